The van der Waals surface area contributed by atoms with E-state index in [-0.39, 0.29) is 24.9 Å². The minimum absolute atomic E-state index is 0.145. The van der Waals surface area contributed by atoms with Crippen LogP contribution in [0.2, 0.25) is 0 Å². The Bertz CT molecular complexity index is 662. The van der Waals surface area contributed by atoms with Crippen molar-refractivity contribution in [2.45, 2.75) is 6.92 Å². The molecule has 0 bridgehead atoms. The van der Waals surface area contributed by atoms with Crippen molar-refractivity contribution >= 4 is 11.7 Å². The number of amides is 2. The second-order valence-electron chi connectivity index (χ2n) is 4.62. The van der Waals surface area contributed by atoms with Crippen LogP contribution in [-0.4, -0.2) is 19.2 Å². The molecule has 0 aliphatic heterocycles. The first kappa shape index (κ1) is 15.8. The van der Waals surface area contributed by atoms with Crippen LogP contribution in [0.25, 0.3) is 0 Å². The van der Waals surface area contributed by atoms with Crippen LogP contribution in [0.1, 0.15) is 5.56 Å². The van der Waals surface area contributed by atoms with Crippen LogP contribution in [0.15, 0.2) is 42.5 Å². The zero-order valence-corrected chi connectivity index (χ0v) is 12.0. The van der Waals surface area contributed by atoms with Gasteiger partial charge in [-0.1, -0.05) is 18.2 Å². The summed E-state index contributed by atoms with van der Waals surface area (Å²) in [5, 5.41) is 5.32. The van der Waals surface area contributed by atoms with Gasteiger partial charge in [0.05, 0.1) is 6.54 Å². The van der Waals surface area contributed by atoms with E-state index in [2.05, 4.69) is 10.6 Å². The van der Waals surface area contributed by atoms with Crippen molar-refractivity contribution < 1.29 is 18.3 Å². The van der Waals surface area contributed by atoms with Crippen LogP contribution < -0.4 is 15.4 Å². The number of nitrogens with one attached hydrogen (secondary N) is 2. The molecule has 0 heterocycles. The van der Waals surface area contributed by atoms with E-state index in [4.69, 9.17) is 4.74 Å². The highest BCUT2D eigenvalue weighted by Gasteiger charge is 2.05. The molecule has 2 rings (SSSR count). The minimum Gasteiger partial charge on any atom is -0.492 e. The lowest BCUT2D eigenvalue weighted by molar-refractivity contribution is 0.247. The van der Waals surface area contributed by atoms with E-state index in [1.807, 2.05) is 25.1 Å². The maximum absolute atomic E-state index is 13.0. The van der Waals surface area contributed by atoms with Crippen LogP contribution in [0.5, 0.6) is 5.75 Å². The van der Waals surface area contributed by atoms with Gasteiger partial charge in [-0.05, 0) is 30.7 Å². The number of halogens is 2. The fourth-order valence-electron chi connectivity index (χ4n) is 1.78. The second-order valence-corrected chi connectivity index (χ2v) is 4.62. The normalized spacial score (nSPS) is 10.1. The zero-order valence-electron chi connectivity index (χ0n) is 12.0. The fourth-order valence-corrected chi connectivity index (χ4v) is 1.78. The molecule has 0 radical (unpaired) electrons. The van der Waals surface area contributed by atoms with E-state index in [1.165, 1.54) is 6.07 Å². The van der Waals surface area contributed by atoms with Crippen LogP contribution in [0.3, 0.4) is 0 Å². The van der Waals surface area contributed by atoms with Crippen molar-refractivity contribution in [1.82, 2.24) is 5.32 Å². The summed E-state index contributed by atoms with van der Waals surface area (Å²) in [4.78, 5) is 11.7. The molecule has 0 aliphatic carbocycles. The Hall–Kier alpha value is -2.63. The van der Waals surface area contributed by atoms with E-state index in [0.29, 0.717) is 0 Å². The molecular weight excluding hydrogens is 290 g/mol. The number of hydrogen-bond acceptors (Lipinski definition) is 2. The molecule has 0 saturated heterocycles. The molecule has 2 aromatic carbocycles. The van der Waals surface area contributed by atoms with E-state index >= 15 is 0 Å². The van der Waals surface area contributed by atoms with Crippen LogP contribution in [0.4, 0.5) is 19.3 Å². The van der Waals surface area contributed by atoms with Gasteiger partial charge in [-0.2, -0.15) is 0 Å². The standard InChI is InChI=1S/C16H16F2N2O2/c1-11-4-2-3-5-15(11)20-16(21)19-8-9-22-12-6-7-13(17)14(18)10-12/h2-7,10H,8-9H2,1H3,(H2,19,20,21). The maximum Gasteiger partial charge on any atom is 0.319 e. The van der Waals surface area contributed by atoms with Crippen molar-refractivity contribution in [3.63, 3.8) is 0 Å². The zero-order chi connectivity index (χ0) is 15.9. The minimum atomic E-state index is -0.970. The largest absolute Gasteiger partial charge is 0.492 e. The van der Waals surface area contributed by atoms with Crippen molar-refractivity contribution in [2.75, 3.05) is 18.5 Å². The lowest BCUT2D eigenvalue weighted by Gasteiger charge is -2.10. The third kappa shape index (κ3) is 4.44. The molecule has 0 saturated carbocycles. The number of benzene rings is 2. The number of urea groups is 1. The predicted octanol–water partition coefficient (Wildman–Crippen LogP) is 3.47. The molecule has 2 N–H and O–H groups in total. The van der Waals surface area contributed by atoms with Gasteiger partial charge in [0, 0.05) is 11.8 Å². The Labute approximate surface area is 127 Å². The number of ether oxygens (including phenoxy) is 1. The summed E-state index contributed by atoms with van der Waals surface area (Å²) >= 11 is 0. The Kier molecular flexibility index (Phi) is 5.30. The summed E-state index contributed by atoms with van der Waals surface area (Å²) in [7, 11) is 0. The summed E-state index contributed by atoms with van der Waals surface area (Å²) in [6.45, 7) is 2.27. The van der Waals surface area contributed by atoms with Crippen LogP contribution in [-0.2, 0) is 0 Å². The molecule has 0 aromatic heterocycles. The quantitative estimate of drug-likeness (QED) is 0.831. The number of hydrogen-bond donors (Lipinski definition) is 2. The number of carbonyl (C=O) groups is 1. The van der Waals surface area contributed by atoms with E-state index in [9.17, 15) is 13.6 Å². The highest BCUT2D eigenvalue weighted by atomic mass is 19.2. The van der Waals surface area contributed by atoms with Gasteiger partial charge in [-0.25, -0.2) is 13.6 Å². The molecular formula is C16H16F2N2O2. The fraction of sp³-hybridized carbons (Fsp3) is 0.188. The number of rotatable bonds is 5. The highest BCUT2D eigenvalue weighted by Crippen LogP contribution is 2.15. The summed E-state index contributed by atoms with van der Waals surface area (Å²) in [6, 6.07) is 10.3. The maximum atomic E-state index is 13.0. The SMILES string of the molecule is Cc1ccccc1NC(=O)NCCOc1ccc(F)c(F)c1. The second kappa shape index (κ2) is 7.40. The molecule has 0 fully saturated rings. The number of para-hydroxylation sites is 1. The first-order valence-electron chi connectivity index (χ1n) is 6.74. The first-order valence-corrected chi connectivity index (χ1v) is 6.74. The molecule has 22 heavy (non-hydrogen) atoms. The average molecular weight is 306 g/mol. The predicted molar refractivity (Wildman–Crippen MR) is 80.1 cm³/mol. The topological polar surface area (TPSA) is 50.4 Å². The Balaban J connectivity index is 1.73. The van der Waals surface area contributed by atoms with E-state index in [0.717, 1.165) is 23.4 Å². The van der Waals surface area contributed by atoms with Crippen LogP contribution in [0, 0.1) is 18.6 Å². The molecule has 0 unspecified atom stereocenters. The Morgan fingerprint density at radius 3 is 2.64 bits per heavy atom. The molecule has 116 valence electrons. The van der Waals surface area contributed by atoms with Crippen molar-refractivity contribution in [1.29, 1.82) is 0 Å². The van der Waals surface area contributed by atoms with Gasteiger partial charge in [0.25, 0.3) is 0 Å². The monoisotopic (exact) mass is 306 g/mol. The third-order valence-electron chi connectivity index (χ3n) is 2.94. The van der Waals surface area contributed by atoms with Crippen molar-refractivity contribution in [3.8, 4) is 5.75 Å². The van der Waals surface area contributed by atoms with Gasteiger partial charge in [0.15, 0.2) is 11.6 Å². The van der Waals surface area contributed by atoms with Crippen molar-refractivity contribution in [2.24, 2.45) is 0 Å². The van der Waals surface area contributed by atoms with Gasteiger partial charge in [-0.3, -0.25) is 0 Å². The molecule has 6 heteroatoms. The van der Waals surface area contributed by atoms with Gasteiger partial charge in [0.1, 0.15) is 12.4 Å². The summed E-state index contributed by atoms with van der Waals surface area (Å²) in [5.74, 6) is -1.69. The van der Waals surface area contributed by atoms with E-state index < -0.39 is 11.6 Å². The Morgan fingerprint density at radius 2 is 1.91 bits per heavy atom. The van der Waals surface area contributed by atoms with Crippen LogP contribution >= 0.6 is 0 Å². The molecule has 4 nitrogen and oxygen atoms in total. The molecule has 0 spiro atoms. The number of aryl methyl sites for hydroxylation is 1. The van der Waals surface area contributed by atoms with Gasteiger partial charge in [0.2, 0.25) is 0 Å². The lowest BCUT2D eigenvalue weighted by atomic mass is 10.2. The van der Waals surface area contributed by atoms with E-state index in [1.54, 1.807) is 6.07 Å². The summed E-state index contributed by atoms with van der Waals surface area (Å²) < 4.78 is 30.9. The highest BCUT2D eigenvalue weighted by molar-refractivity contribution is 5.89. The number of anilines is 1. The van der Waals surface area contributed by atoms with Crippen molar-refractivity contribution in [3.05, 3.63) is 59.7 Å². The first-order chi connectivity index (χ1) is 10.6. The van der Waals surface area contributed by atoms with Gasteiger partial charge >= 0.3 is 6.03 Å². The molecule has 2 amide bonds. The number of carbonyl (C=O) groups excluding carboxylic acids is 1. The third-order valence-corrected chi connectivity index (χ3v) is 2.94. The molecule has 0 atom stereocenters. The van der Waals surface area contributed by atoms with Gasteiger partial charge < -0.3 is 15.4 Å². The summed E-state index contributed by atoms with van der Waals surface area (Å²) in [5.41, 5.74) is 1.68. The summed E-state index contributed by atoms with van der Waals surface area (Å²) in [6.07, 6.45) is 0. The Morgan fingerprint density at radius 1 is 1.14 bits per heavy atom. The smallest absolute Gasteiger partial charge is 0.319 e. The van der Waals surface area contributed by atoms with Gasteiger partial charge in [-0.15, -0.1) is 0 Å². The average Bonchev–Trinajstić information content (AvgIpc) is 2.49. The molecule has 2 aromatic rings. The molecule has 0 aliphatic rings. The lowest BCUT2D eigenvalue weighted by Crippen LogP contribution is -2.32.